The second-order valence-electron chi connectivity index (χ2n) is 10.5. The monoisotopic (exact) mass is 561 g/mol. The molecule has 3 N–H and O–H groups in total. The van der Waals surface area contributed by atoms with Gasteiger partial charge in [-0.3, -0.25) is 29.7 Å². The molecule has 0 unspecified atom stereocenters. The molecule has 10 nitrogen and oxygen atoms in total. The van der Waals surface area contributed by atoms with Crippen LogP contribution in [0, 0.1) is 11.7 Å². The van der Waals surface area contributed by atoms with E-state index >= 15 is 4.39 Å². The van der Waals surface area contributed by atoms with Crippen molar-refractivity contribution >= 4 is 34.0 Å². The lowest BCUT2D eigenvalue weighted by atomic mass is 9.88. The number of rotatable bonds is 5. The minimum absolute atomic E-state index is 0.00759. The number of H-pyrrole nitrogens is 1. The van der Waals surface area contributed by atoms with Crippen LogP contribution in [0.2, 0.25) is 0 Å². The first-order valence-corrected chi connectivity index (χ1v) is 14.1. The molecular weight excluding hydrogens is 533 g/mol. The van der Waals surface area contributed by atoms with Crippen molar-refractivity contribution in [2.24, 2.45) is 10.9 Å². The summed E-state index contributed by atoms with van der Waals surface area (Å²) < 4.78 is 16.5. The molecule has 1 fully saturated rings. The van der Waals surface area contributed by atoms with Gasteiger partial charge in [-0.15, -0.1) is 0 Å². The van der Waals surface area contributed by atoms with Crippen LogP contribution in [0.25, 0.3) is 33.5 Å². The first-order valence-electron chi connectivity index (χ1n) is 14.1. The molecule has 1 amide bonds. The number of aromatic nitrogens is 6. The zero-order chi connectivity index (χ0) is 28.5. The number of anilines is 2. The predicted molar refractivity (Wildman–Crippen MR) is 159 cm³/mol. The van der Waals surface area contributed by atoms with E-state index < -0.39 is 5.82 Å². The molecule has 0 saturated heterocycles. The van der Waals surface area contributed by atoms with Gasteiger partial charge in [-0.25, -0.2) is 9.37 Å². The Bertz CT molecular complexity index is 1810. The van der Waals surface area contributed by atoms with Crippen LogP contribution in [0.15, 0.2) is 66.4 Å². The highest BCUT2D eigenvalue weighted by molar-refractivity contribution is 6.16. The Morgan fingerprint density at radius 2 is 1.88 bits per heavy atom. The molecule has 6 heterocycles. The molecular formula is C31H28FN9O. The van der Waals surface area contributed by atoms with Crippen LogP contribution in [-0.2, 0) is 4.79 Å². The van der Waals surface area contributed by atoms with Gasteiger partial charge in [0.1, 0.15) is 16.9 Å². The zero-order valence-electron chi connectivity index (χ0n) is 22.8. The van der Waals surface area contributed by atoms with E-state index in [2.05, 4.69) is 35.6 Å². The lowest BCUT2D eigenvalue weighted by Crippen LogP contribution is -2.24. The number of pyridine rings is 4. The second-order valence-corrected chi connectivity index (χ2v) is 10.5. The molecule has 42 heavy (non-hydrogen) atoms. The summed E-state index contributed by atoms with van der Waals surface area (Å²) in [7, 11) is 0. The summed E-state index contributed by atoms with van der Waals surface area (Å²) >= 11 is 0. The number of amides is 1. The van der Waals surface area contributed by atoms with E-state index in [1.54, 1.807) is 43.2 Å². The van der Waals surface area contributed by atoms with Crippen molar-refractivity contribution in [3.8, 4) is 22.5 Å². The Morgan fingerprint density at radius 3 is 2.74 bits per heavy atom. The highest BCUT2D eigenvalue weighted by atomic mass is 19.1. The van der Waals surface area contributed by atoms with Gasteiger partial charge < -0.3 is 15.6 Å². The van der Waals surface area contributed by atoms with Crippen molar-refractivity contribution in [2.45, 2.75) is 32.1 Å². The van der Waals surface area contributed by atoms with Crippen molar-refractivity contribution in [1.29, 1.82) is 0 Å². The van der Waals surface area contributed by atoms with E-state index in [4.69, 9.17) is 9.98 Å². The van der Waals surface area contributed by atoms with Crippen LogP contribution < -0.4 is 10.6 Å². The first kappa shape index (κ1) is 25.9. The summed E-state index contributed by atoms with van der Waals surface area (Å²) in [6, 6.07) is 7.35. The number of imidazole rings is 1. The summed E-state index contributed by atoms with van der Waals surface area (Å²) in [6.45, 7) is 0.938. The number of nitrogens with zero attached hydrogens (tertiary/aromatic N) is 6. The van der Waals surface area contributed by atoms with Crippen molar-refractivity contribution in [1.82, 2.24) is 29.9 Å². The molecule has 1 saturated carbocycles. The fourth-order valence-electron chi connectivity index (χ4n) is 5.69. The van der Waals surface area contributed by atoms with Gasteiger partial charge >= 0.3 is 0 Å². The van der Waals surface area contributed by atoms with Crippen LogP contribution in [0.1, 0.15) is 43.5 Å². The van der Waals surface area contributed by atoms with Gasteiger partial charge in [0.15, 0.2) is 11.6 Å². The molecule has 2 aliphatic rings. The number of carbonyl (C=O) groups is 1. The Kier molecular flexibility index (Phi) is 6.82. The van der Waals surface area contributed by atoms with Gasteiger partial charge in [0.2, 0.25) is 5.91 Å². The van der Waals surface area contributed by atoms with Gasteiger partial charge in [-0.1, -0.05) is 25.3 Å². The maximum atomic E-state index is 16.5. The van der Waals surface area contributed by atoms with E-state index in [0.29, 0.717) is 52.6 Å². The van der Waals surface area contributed by atoms with Crippen molar-refractivity contribution in [3.05, 3.63) is 78.7 Å². The number of aliphatic imine (C=N–C) groups is 1. The highest BCUT2D eigenvalue weighted by Gasteiger charge is 2.27. The first-order chi connectivity index (χ1) is 20.7. The number of fused-ring (bicyclic) bond motifs is 2. The molecule has 1 aliphatic carbocycles. The average Bonchev–Trinajstić information content (AvgIpc) is 3.35. The maximum Gasteiger partial charge on any atom is 0.227 e. The summed E-state index contributed by atoms with van der Waals surface area (Å²) in [4.78, 5) is 43.2. The van der Waals surface area contributed by atoms with Crippen molar-refractivity contribution in [2.75, 3.05) is 23.7 Å². The van der Waals surface area contributed by atoms with Gasteiger partial charge in [0, 0.05) is 42.2 Å². The Balaban J connectivity index is 1.26. The van der Waals surface area contributed by atoms with Crippen LogP contribution >= 0.6 is 0 Å². The molecule has 0 radical (unpaired) electrons. The van der Waals surface area contributed by atoms with Gasteiger partial charge in [0.05, 0.1) is 53.3 Å². The third-order valence-corrected chi connectivity index (χ3v) is 7.77. The van der Waals surface area contributed by atoms with E-state index in [1.165, 1.54) is 6.42 Å². The number of carbonyl (C=O) groups excluding carboxylic acids is 1. The molecule has 1 aliphatic heterocycles. The van der Waals surface area contributed by atoms with Gasteiger partial charge in [0.25, 0.3) is 0 Å². The zero-order valence-corrected chi connectivity index (χ0v) is 22.8. The number of halogens is 1. The predicted octanol–water partition coefficient (Wildman–Crippen LogP) is 5.40. The fourth-order valence-corrected chi connectivity index (χ4v) is 5.69. The average molecular weight is 562 g/mol. The number of nitrogens with one attached hydrogen (secondary N) is 3. The Labute approximate surface area is 241 Å². The van der Waals surface area contributed by atoms with Crippen LogP contribution in [-0.4, -0.2) is 54.6 Å². The molecule has 7 rings (SSSR count). The van der Waals surface area contributed by atoms with E-state index in [0.717, 1.165) is 36.9 Å². The van der Waals surface area contributed by atoms with Crippen LogP contribution in [0.3, 0.4) is 0 Å². The summed E-state index contributed by atoms with van der Waals surface area (Å²) in [5, 5.41) is 6.20. The summed E-state index contributed by atoms with van der Waals surface area (Å²) in [5.74, 6) is -0.164. The van der Waals surface area contributed by atoms with Crippen molar-refractivity contribution in [3.63, 3.8) is 0 Å². The molecule has 210 valence electrons. The van der Waals surface area contributed by atoms with Crippen molar-refractivity contribution < 1.29 is 9.18 Å². The highest BCUT2D eigenvalue weighted by Crippen LogP contribution is 2.33. The Hall–Kier alpha value is -5.06. The van der Waals surface area contributed by atoms with Crippen LogP contribution in [0.4, 0.5) is 15.8 Å². The quantitative estimate of drug-likeness (QED) is 0.262. The lowest BCUT2D eigenvalue weighted by Gasteiger charge is -2.20. The number of hydrogen-bond donors (Lipinski definition) is 3. The SMILES string of the molecule is O=C(Nc1cncc(-c2ncc3c(c2F)C(c2nc4c(-c5ccccn5)cncc4[nH]2)=NCCN3)c1)C1CCCCC1. The van der Waals surface area contributed by atoms with Gasteiger partial charge in [-0.2, -0.15) is 0 Å². The van der Waals surface area contributed by atoms with Crippen LogP contribution in [0.5, 0.6) is 0 Å². The summed E-state index contributed by atoms with van der Waals surface area (Å²) in [5.41, 5.74) is 5.09. The molecule has 5 aromatic heterocycles. The van der Waals surface area contributed by atoms with E-state index in [-0.39, 0.29) is 23.1 Å². The lowest BCUT2D eigenvalue weighted by molar-refractivity contribution is -0.120. The number of hydrogen-bond acceptors (Lipinski definition) is 8. The normalized spacial score (nSPS) is 15.4. The standard InChI is InChI=1S/C31H28FN9O/c32-26-25-23(17-38-27(26)19-12-20(14-33-13-19)39-31(42)18-6-2-1-3-7-18)36-10-11-37-29(25)30-40-24-16-34-15-21(28(24)41-30)22-8-4-5-9-35-22/h4-5,8-9,12-18,36H,1-3,6-7,10-11H2,(H,39,42)(H,40,41). The van der Waals surface area contributed by atoms with E-state index in [1.807, 2.05) is 18.2 Å². The minimum Gasteiger partial charge on any atom is -0.381 e. The molecule has 0 bridgehead atoms. The molecule has 0 atom stereocenters. The smallest absolute Gasteiger partial charge is 0.227 e. The fraction of sp³-hybridized carbons (Fsp3) is 0.258. The number of aromatic amines is 1. The largest absolute Gasteiger partial charge is 0.381 e. The third-order valence-electron chi connectivity index (χ3n) is 7.77. The summed E-state index contributed by atoms with van der Waals surface area (Å²) in [6.07, 6.45) is 14.9. The maximum absolute atomic E-state index is 16.5. The molecule has 0 aromatic carbocycles. The van der Waals surface area contributed by atoms with Gasteiger partial charge in [-0.05, 0) is 31.0 Å². The Morgan fingerprint density at radius 1 is 1.00 bits per heavy atom. The molecule has 5 aromatic rings. The van der Waals surface area contributed by atoms with E-state index in [9.17, 15) is 4.79 Å². The third kappa shape index (κ3) is 4.87. The molecule has 0 spiro atoms. The minimum atomic E-state index is -0.554. The molecule has 11 heteroatoms. The second kappa shape index (κ2) is 11.1. The topological polar surface area (TPSA) is 134 Å².